The largest absolute Gasteiger partial charge is 0.486 e. The van der Waals surface area contributed by atoms with Crippen molar-refractivity contribution in [3.63, 3.8) is 0 Å². The van der Waals surface area contributed by atoms with E-state index >= 15 is 0 Å². The van der Waals surface area contributed by atoms with Gasteiger partial charge in [-0.15, -0.1) is 0 Å². The average Bonchev–Trinajstić information content (AvgIpc) is 2.71. The predicted molar refractivity (Wildman–Crippen MR) is 105 cm³/mol. The summed E-state index contributed by atoms with van der Waals surface area (Å²) in [6.45, 7) is 0.0373. The number of hydrogen-bond donors (Lipinski definition) is 1. The number of aryl methyl sites for hydroxylation is 1. The van der Waals surface area contributed by atoms with Crippen LogP contribution in [0.25, 0.3) is 0 Å². The third kappa shape index (κ3) is 6.47. The van der Waals surface area contributed by atoms with Crippen LogP contribution in [-0.4, -0.2) is 11.1 Å². The Hall–Kier alpha value is -3.55. The third-order valence-corrected chi connectivity index (χ3v) is 4.33. The van der Waals surface area contributed by atoms with Crippen molar-refractivity contribution < 1.29 is 36.9 Å². The van der Waals surface area contributed by atoms with Crippen LogP contribution in [0.5, 0.6) is 17.2 Å². The second-order valence-corrected chi connectivity index (χ2v) is 6.72. The third-order valence-electron chi connectivity index (χ3n) is 4.33. The highest BCUT2D eigenvalue weighted by atomic mass is 19.4. The second kappa shape index (κ2) is 9.51. The van der Waals surface area contributed by atoms with Crippen molar-refractivity contribution in [3.05, 3.63) is 89.2 Å². The molecule has 0 fully saturated rings. The van der Waals surface area contributed by atoms with Gasteiger partial charge in [0.25, 0.3) is 0 Å². The molecule has 3 aromatic rings. The maximum Gasteiger partial charge on any atom is 0.416 e. The Morgan fingerprint density at radius 1 is 0.903 bits per heavy atom. The first-order valence-electron chi connectivity index (χ1n) is 9.28. The van der Waals surface area contributed by atoms with Gasteiger partial charge in [-0.05, 0) is 66.1 Å². The molecule has 0 heterocycles. The molecule has 162 valence electrons. The molecule has 0 amide bonds. The summed E-state index contributed by atoms with van der Waals surface area (Å²) in [4.78, 5) is 10.6. The zero-order chi connectivity index (χ0) is 22.4. The Morgan fingerprint density at radius 3 is 2.29 bits per heavy atom. The van der Waals surface area contributed by atoms with E-state index in [1.165, 1.54) is 24.3 Å². The first-order chi connectivity index (χ1) is 14.7. The predicted octanol–water partition coefficient (Wildman–Crippen LogP) is 6.23. The summed E-state index contributed by atoms with van der Waals surface area (Å²) >= 11 is 0. The number of aliphatic carboxylic acids is 1. The van der Waals surface area contributed by atoms with Gasteiger partial charge in [0.2, 0.25) is 0 Å². The Kier molecular flexibility index (Phi) is 6.79. The van der Waals surface area contributed by atoms with Gasteiger partial charge in [0.15, 0.2) is 11.6 Å². The Morgan fingerprint density at radius 2 is 1.65 bits per heavy atom. The number of ether oxygens (including phenoxy) is 2. The average molecular weight is 434 g/mol. The normalized spacial score (nSPS) is 11.2. The fourth-order valence-electron chi connectivity index (χ4n) is 2.78. The summed E-state index contributed by atoms with van der Waals surface area (Å²) in [6, 6.07) is 15.3. The van der Waals surface area contributed by atoms with Crippen LogP contribution in [0, 0.1) is 5.82 Å². The fourth-order valence-corrected chi connectivity index (χ4v) is 2.78. The molecule has 0 saturated heterocycles. The van der Waals surface area contributed by atoms with Crippen LogP contribution in [0.3, 0.4) is 0 Å². The molecule has 0 aliphatic carbocycles. The molecule has 0 aliphatic rings. The minimum Gasteiger partial charge on any atom is -0.486 e. The molecule has 0 aliphatic heterocycles. The zero-order valence-electron chi connectivity index (χ0n) is 16.2. The van der Waals surface area contributed by atoms with Gasteiger partial charge in [0.05, 0.1) is 5.56 Å². The Labute approximate surface area is 175 Å². The summed E-state index contributed by atoms with van der Waals surface area (Å²) in [5.41, 5.74) is 0.455. The summed E-state index contributed by atoms with van der Waals surface area (Å²) < 4.78 is 63.2. The van der Waals surface area contributed by atoms with Crippen LogP contribution in [-0.2, 0) is 24.0 Å². The lowest BCUT2D eigenvalue weighted by molar-refractivity contribution is -0.138. The van der Waals surface area contributed by atoms with Gasteiger partial charge in [0, 0.05) is 6.42 Å². The number of benzene rings is 3. The van der Waals surface area contributed by atoms with E-state index in [-0.39, 0.29) is 30.9 Å². The molecule has 1 N–H and O–H groups in total. The molecule has 4 nitrogen and oxygen atoms in total. The SMILES string of the molecule is O=C(O)CCc1ccc(OCc2cccc(Oc3ccc(C(F)(F)F)cc3)c2)c(F)c1. The number of carboxylic acids is 1. The van der Waals surface area contributed by atoms with E-state index in [0.29, 0.717) is 16.9 Å². The van der Waals surface area contributed by atoms with Gasteiger partial charge in [-0.25, -0.2) is 4.39 Å². The standard InChI is InChI=1S/C23H18F4O4/c24-20-13-15(5-11-22(28)29)4-10-21(20)30-14-16-2-1-3-19(12-16)31-18-8-6-17(7-9-18)23(25,26)27/h1-4,6-10,12-13H,5,11,14H2,(H,28,29). The van der Waals surface area contributed by atoms with Gasteiger partial charge in [0.1, 0.15) is 18.1 Å². The van der Waals surface area contributed by atoms with Crippen LogP contribution in [0.1, 0.15) is 23.1 Å². The minimum atomic E-state index is -4.42. The quantitative estimate of drug-likeness (QED) is 0.427. The van der Waals surface area contributed by atoms with Crippen molar-refractivity contribution in [2.24, 2.45) is 0 Å². The summed E-state index contributed by atoms with van der Waals surface area (Å²) in [5, 5.41) is 8.69. The van der Waals surface area contributed by atoms with Crippen molar-refractivity contribution in [3.8, 4) is 17.2 Å². The molecule has 0 radical (unpaired) electrons. The van der Waals surface area contributed by atoms with Crippen molar-refractivity contribution in [2.45, 2.75) is 25.6 Å². The maximum absolute atomic E-state index is 14.2. The summed E-state index contributed by atoms with van der Waals surface area (Å²) in [6.07, 6.45) is -4.29. The van der Waals surface area contributed by atoms with Gasteiger partial charge >= 0.3 is 12.1 Å². The van der Waals surface area contributed by atoms with Crippen molar-refractivity contribution in [1.29, 1.82) is 0 Å². The van der Waals surface area contributed by atoms with Crippen LogP contribution < -0.4 is 9.47 Å². The molecule has 0 spiro atoms. The number of carbonyl (C=O) groups is 1. The van der Waals surface area contributed by atoms with E-state index in [2.05, 4.69) is 0 Å². The van der Waals surface area contributed by atoms with Crippen molar-refractivity contribution in [2.75, 3.05) is 0 Å². The monoisotopic (exact) mass is 434 g/mol. The zero-order valence-corrected chi connectivity index (χ0v) is 16.2. The van der Waals surface area contributed by atoms with Crippen molar-refractivity contribution >= 4 is 5.97 Å². The fraction of sp³-hybridized carbons (Fsp3) is 0.174. The highest BCUT2D eigenvalue weighted by Crippen LogP contribution is 2.31. The molecule has 31 heavy (non-hydrogen) atoms. The van der Waals surface area contributed by atoms with E-state index in [9.17, 15) is 22.4 Å². The lowest BCUT2D eigenvalue weighted by Crippen LogP contribution is -2.04. The molecule has 0 bridgehead atoms. The molecule has 0 unspecified atom stereocenters. The van der Waals surface area contributed by atoms with E-state index in [1.54, 1.807) is 30.3 Å². The van der Waals surface area contributed by atoms with Gasteiger partial charge < -0.3 is 14.6 Å². The molecule has 0 atom stereocenters. The lowest BCUT2D eigenvalue weighted by Gasteiger charge is -2.11. The topological polar surface area (TPSA) is 55.8 Å². The number of hydrogen-bond acceptors (Lipinski definition) is 3. The molecule has 8 heteroatoms. The summed E-state index contributed by atoms with van der Waals surface area (Å²) in [7, 11) is 0. The first-order valence-corrected chi connectivity index (χ1v) is 9.28. The highest BCUT2D eigenvalue weighted by molar-refractivity contribution is 5.67. The Balaban J connectivity index is 1.61. The van der Waals surface area contributed by atoms with E-state index in [4.69, 9.17) is 14.6 Å². The molecule has 0 saturated carbocycles. The van der Waals surface area contributed by atoms with E-state index < -0.39 is 23.5 Å². The van der Waals surface area contributed by atoms with E-state index in [1.807, 2.05) is 0 Å². The van der Waals surface area contributed by atoms with Gasteiger partial charge in [-0.1, -0.05) is 18.2 Å². The molecule has 3 rings (SSSR count). The molecule has 3 aromatic carbocycles. The molecule has 0 aromatic heterocycles. The number of rotatable bonds is 8. The molecular weight excluding hydrogens is 416 g/mol. The van der Waals surface area contributed by atoms with E-state index in [0.717, 1.165) is 12.1 Å². The lowest BCUT2D eigenvalue weighted by atomic mass is 10.1. The first kappa shape index (κ1) is 22.1. The smallest absolute Gasteiger partial charge is 0.416 e. The van der Waals surface area contributed by atoms with Gasteiger partial charge in [-0.2, -0.15) is 13.2 Å². The van der Waals surface area contributed by atoms with Crippen LogP contribution in [0.4, 0.5) is 17.6 Å². The minimum absolute atomic E-state index is 0.0214. The second-order valence-electron chi connectivity index (χ2n) is 6.72. The Bertz CT molecular complexity index is 1050. The molecular formula is C23H18F4O4. The van der Waals surface area contributed by atoms with Gasteiger partial charge in [-0.3, -0.25) is 4.79 Å². The summed E-state index contributed by atoms with van der Waals surface area (Å²) in [5.74, 6) is -0.897. The maximum atomic E-state index is 14.2. The number of alkyl halides is 3. The van der Waals surface area contributed by atoms with Crippen molar-refractivity contribution in [1.82, 2.24) is 0 Å². The van der Waals surface area contributed by atoms with Crippen LogP contribution in [0.15, 0.2) is 66.7 Å². The highest BCUT2D eigenvalue weighted by Gasteiger charge is 2.30. The number of carboxylic acid groups (broad SMARTS) is 1. The number of halogens is 4. The van der Waals surface area contributed by atoms with Crippen LogP contribution in [0.2, 0.25) is 0 Å². The van der Waals surface area contributed by atoms with Crippen LogP contribution >= 0.6 is 0 Å².